The fourth-order valence-corrected chi connectivity index (χ4v) is 2.30. The summed E-state index contributed by atoms with van der Waals surface area (Å²) in [4.78, 5) is 11.0. The lowest BCUT2D eigenvalue weighted by atomic mass is 10.1. The van der Waals surface area contributed by atoms with Crippen LogP contribution < -0.4 is 5.73 Å². The quantitative estimate of drug-likeness (QED) is 0.780. The molecule has 0 aliphatic heterocycles. The Morgan fingerprint density at radius 1 is 1.53 bits per heavy atom. The Balaban J connectivity index is 2.96. The molecule has 0 aliphatic rings. The predicted octanol–water partition coefficient (Wildman–Crippen LogP) is 2.22. The number of nitrogen functional groups attached to an aromatic ring is 1. The minimum absolute atomic E-state index is 0.221. The standard InChI is InChI=1S/C10H9BrN2O2/c1-13-4-8(11)6-2-5(12)3-7(9(6)13)10(14)15/h2-4H,12H2,1H3,(H,14,15). The maximum atomic E-state index is 11.0. The Kier molecular flexibility index (Phi) is 2.19. The summed E-state index contributed by atoms with van der Waals surface area (Å²) < 4.78 is 2.61. The summed E-state index contributed by atoms with van der Waals surface area (Å²) in [5, 5.41) is 9.87. The normalized spacial score (nSPS) is 10.8. The van der Waals surface area contributed by atoms with Crippen molar-refractivity contribution < 1.29 is 9.90 Å². The lowest BCUT2D eigenvalue weighted by Gasteiger charge is -2.03. The van der Waals surface area contributed by atoms with E-state index in [4.69, 9.17) is 10.8 Å². The van der Waals surface area contributed by atoms with Gasteiger partial charge in [0, 0.05) is 28.8 Å². The Morgan fingerprint density at radius 3 is 2.80 bits per heavy atom. The van der Waals surface area contributed by atoms with Crippen molar-refractivity contribution in [1.82, 2.24) is 4.57 Å². The van der Waals surface area contributed by atoms with Gasteiger partial charge >= 0.3 is 5.97 Å². The summed E-state index contributed by atoms with van der Waals surface area (Å²) in [7, 11) is 1.80. The number of rotatable bonds is 1. The summed E-state index contributed by atoms with van der Waals surface area (Å²) in [6, 6.07) is 3.23. The van der Waals surface area contributed by atoms with Gasteiger partial charge in [-0.25, -0.2) is 4.79 Å². The van der Waals surface area contributed by atoms with Crippen LogP contribution in [0.25, 0.3) is 10.9 Å². The topological polar surface area (TPSA) is 68.2 Å². The van der Waals surface area contributed by atoms with Crippen molar-refractivity contribution >= 4 is 38.5 Å². The van der Waals surface area contributed by atoms with Crippen molar-refractivity contribution in [1.29, 1.82) is 0 Å². The van der Waals surface area contributed by atoms with Gasteiger partial charge in [-0.1, -0.05) is 0 Å². The molecule has 2 rings (SSSR count). The number of fused-ring (bicyclic) bond motifs is 1. The lowest BCUT2D eigenvalue weighted by Crippen LogP contribution is -2.01. The molecule has 15 heavy (non-hydrogen) atoms. The number of anilines is 1. The van der Waals surface area contributed by atoms with Crippen LogP contribution in [-0.2, 0) is 7.05 Å². The maximum absolute atomic E-state index is 11.0. The highest BCUT2D eigenvalue weighted by atomic mass is 79.9. The van der Waals surface area contributed by atoms with Crippen LogP contribution in [0, 0.1) is 0 Å². The largest absolute Gasteiger partial charge is 0.478 e. The van der Waals surface area contributed by atoms with Crippen molar-refractivity contribution in [2.45, 2.75) is 0 Å². The second-order valence-electron chi connectivity index (χ2n) is 3.36. The van der Waals surface area contributed by atoms with Crippen molar-refractivity contribution in [3.05, 3.63) is 28.4 Å². The number of aromatic nitrogens is 1. The average molecular weight is 269 g/mol. The van der Waals surface area contributed by atoms with E-state index in [-0.39, 0.29) is 5.56 Å². The van der Waals surface area contributed by atoms with E-state index in [9.17, 15) is 4.79 Å². The molecule has 1 aromatic carbocycles. The highest BCUT2D eigenvalue weighted by Crippen LogP contribution is 2.30. The molecular formula is C10H9BrN2O2. The smallest absolute Gasteiger partial charge is 0.337 e. The fourth-order valence-electron chi connectivity index (χ4n) is 1.69. The van der Waals surface area contributed by atoms with Crippen LogP contribution in [0.5, 0.6) is 0 Å². The number of nitrogens with two attached hydrogens (primary N) is 1. The van der Waals surface area contributed by atoms with Gasteiger partial charge in [-0.05, 0) is 28.1 Å². The van der Waals surface area contributed by atoms with Crippen LogP contribution in [0.1, 0.15) is 10.4 Å². The summed E-state index contributed by atoms with van der Waals surface area (Å²) in [6.07, 6.45) is 1.82. The Labute approximate surface area is 94.4 Å². The number of nitrogens with zero attached hydrogens (tertiary/aromatic N) is 1. The predicted molar refractivity (Wildman–Crippen MR) is 62.0 cm³/mol. The molecule has 0 radical (unpaired) electrons. The molecule has 1 aromatic heterocycles. The minimum Gasteiger partial charge on any atom is -0.478 e. The molecule has 4 nitrogen and oxygen atoms in total. The van der Waals surface area contributed by atoms with Gasteiger partial charge in [0.05, 0.1) is 11.1 Å². The van der Waals surface area contributed by atoms with E-state index >= 15 is 0 Å². The average Bonchev–Trinajstić information content (AvgIpc) is 2.41. The number of aryl methyl sites for hydroxylation is 1. The Morgan fingerprint density at radius 2 is 2.20 bits per heavy atom. The molecule has 0 bridgehead atoms. The van der Waals surface area contributed by atoms with E-state index in [1.807, 2.05) is 6.20 Å². The van der Waals surface area contributed by atoms with Gasteiger partial charge < -0.3 is 15.4 Å². The van der Waals surface area contributed by atoms with Crippen LogP contribution in [0.15, 0.2) is 22.8 Å². The monoisotopic (exact) mass is 268 g/mol. The van der Waals surface area contributed by atoms with Crippen LogP contribution in [0.2, 0.25) is 0 Å². The minimum atomic E-state index is -0.971. The molecule has 5 heteroatoms. The van der Waals surface area contributed by atoms with E-state index in [0.717, 1.165) is 9.86 Å². The Bertz CT molecular complexity index is 560. The molecule has 0 fully saturated rings. The van der Waals surface area contributed by atoms with Crippen molar-refractivity contribution in [3.8, 4) is 0 Å². The number of hydrogen-bond acceptors (Lipinski definition) is 2. The highest BCUT2D eigenvalue weighted by Gasteiger charge is 2.14. The first-order valence-electron chi connectivity index (χ1n) is 4.28. The molecule has 0 saturated carbocycles. The SMILES string of the molecule is Cn1cc(Br)c2cc(N)cc(C(=O)O)c21. The van der Waals surface area contributed by atoms with E-state index < -0.39 is 5.97 Å². The first kappa shape index (κ1) is 10.0. The molecule has 0 atom stereocenters. The maximum Gasteiger partial charge on any atom is 0.337 e. The van der Waals surface area contributed by atoms with Gasteiger partial charge in [-0.2, -0.15) is 0 Å². The van der Waals surface area contributed by atoms with Gasteiger partial charge in [-0.3, -0.25) is 0 Å². The van der Waals surface area contributed by atoms with E-state index in [1.54, 1.807) is 17.7 Å². The van der Waals surface area contributed by atoms with Crippen LogP contribution in [-0.4, -0.2) is 15.6 Å². The van der Waals surface area contributed by atoms with Crippen molar-refractivity contribution in [2.24, 2.45) is 7.05 Å². The van der Waals surface area contributed by atoms with Gasteiger partial charge in [0.2, 0.25) is 0 Å². The van der Waals surface area contributed by atoms with Gasteiger partial charge in [0.15, 0.2) is 0 Å². The molecule has 2 aromatic rings. The molecule has 0 spiro atoms. The van der Waals surface area contributed by atoms with Crippen LogP contribution >= 0.6 is 15.9 Å². The number of carboxylic acids is 1. The zero-order chi connectivity index (χ0) is 11.2. The first-order chi connectivity index (χ1) is 7.00. The van der Waals surface area contributed by atoms with Gasteiger partial charge in [-0.15, -0.1) is 0 Å². The van der Waals surface area contributed by atoms with Crippen LogP contribution in [0.4, 0.5) is 5.69 Å². The summed E-state index contributed by atoms with van der Waals surface area (Å²) in [6.45, 7) is 0. The van der Waals surface area contributed by atoms with Crippen LogP contribution in [0.3, 0.4) is 0 Å². The molecule has 0 saturated heterocycles. The third kappa shape index (κ3) is 1.48. The third-order valence-corrected chi connectivity index (χ3v) is 2.91. The summed E-state index contributed by atoms with van der Waals surface area (Å²) in [5.74, 6) is -0.971. The molecule has 0 unspecified atom stereocenters. The number of benzene rings is 1. The molecular weight excluding hydrogens is 260 g/mol. The number of carbonyl (C=O) groups is 1. The Hall–Kier alpha value is -1.49. The zero-order valence-electron chi connectivity index (χ0n) is 7.99. The van der Waals surface area contributed by atoms with Crippen molar-refractivity contribution in [3.63, 3.8) is 0 Å². The third-order valence-electron chi connectivity index (χ3n) is 2.28. The van der Waals surface area contributed by atoms with E-state index in [1.165, 1.54) is 6.07 Å². The van der Waals surface area contributed by atoms with E-state index in [2.05, 4.69) is 15.9 Å². The first-order valence-corrected chi connectivity index (χ1v) is 5.07. The second-order valence-corrected chi connectivity index (χ2v) is 4.21. The number of aromatic carboxylic acids is 1. The molecule has 78 valence electrons. The molecule has 0 aliphatic carbocycles. The number of halogens is 1. The zero-order valence-corrected chi connectivity index (χ0v) is 9.58. The van der Waals surface area contributed by atoms with Gasteiger partial charge in [0.25, 0.3) is 0 Å². The van der Waals surface area contributed by atoms with Gasteiger partial charge in [0.1, 0.15) is 0 Å². The van der Waals surface area contributed by atoms with Crippen molar-refractivity contribution in [2.75, 3.05) is 5.73 Å². The lowest BCUT2D eigenvalue weighted by molar-refractivity contribution is 0.0698. The highest BCUT2D eigenvalue weighted by molar-refractivity contribution is 9.10. The molecule has 3 N–H and O–H groups in total. The summed E-state index contributed by atoms with van der Waals surface area (Å²) in [5.41, 5.74) is 6.99. The number of carboxylic acid groups (broad SMARTS) is 1. The van der Waals surface area contributed by atoms with E-state index in [0.29, 0.717) is 11.2 Å². The second kappa shape index (κ2) is 3.27. The number of hydrogen-bond donors (Lipinski definition) is 2. The fraction of sp³-hybridized carbons (Fsp3) is 0.100. The molecule has 0 amide bonds. The molecule has 1 heterocycles. The summed E-state index contributed by atoms with van der Waals surface area (Å²) >= 11 is 3.37.